The third-order valence-corrected chi connectivity index (χ3v) is 3.31. The molecule has 0 saturated carbocycles. The summed E-state index contributed by atoms with van der Waals surface area (Å²) in [6, 6.07) is 9.11. The number of nitrogens with zero attached hydrogens (tertiary/aromatic N) is 4. The van der Waals surface area contributed by atoms with Gasteiger partial charge in [0.2, 0.25) is 5.16 Å². The van der Waals surface area contributed by atoms with E-state index in [0.29, 0.717) is 5.69 Å². The van der Waals surface area contributed by atoms with E-state index in [2.05, 4.69) is 15.5 Å². The highest BCUT2D eigenvalue weighted by atomic mass is 32.2. The summed E-state index contributed by atoms with van der Waals surface area (Å²) in [6.45, 7) is 1.38. The van der Waals surface area contributed by atoms with Crippen LogP contribution in [-0.2, 0) is 15.6 Å². The molecule has 0 saturated heterocycles. The molecule has 2 aromatic rings. The monoisotopic (exact) mass is 250 g/mol. The number of tetrazole rings is 1. The summed E-state index contributed by atoms with van der Waals surface area (Å²) >= 11 is 0. The van der Waals surface area contributed by atoms with Crippen LogP contribution in [0.4, 0.5) is 0 Å². The van der Waals surface area contributed by atoms with Crippen LogP contribution in [0, 0.1) is 0 Å². The van der Waals surface area contributed by atoms with Gasteiger partial charge in [-0.05, 0) is 29.5 Å². The van der Waals surface area contributed by atoms with Crippen molar-refractivity contribution in [3.05, 3.63) is 30.3 Å². The Labute approximate surface area is 100 Å². The highest BCUT2D eigenvalue weighted by Crippen LogP contribution is 2.10. The van der Waals surface area contributed by atoms with E-state index >= 15 is 0 Å². The molecule has 17 heavy (non-hydrogen) atoms. The van der Waals surface area contributed by atoms with Crippen molar-refractivity contribution in [1.82, 2.24) is 20.2 Å². The molecule has 1 unspecified atom stereocenters. The lowest BCUT2D eigenvalue weighted by Crippen LogP contribution is -2.12. The molecule has 1 atom stereocenters. The van der Waals surface area contributed by atoms with Gasteiger partial charge in [0.15, 0.2) is 0 Å². The Bertz CT molecular complexity index is 552. The van der Waals surface area contributed by atoms with E-state index in [4.69, 9.17) is 0 Å². The van der Waals surface area contributed by atoms with E-state index < -0.39 is 10.8 Å². The van der Waals surface area contributed by atoms with E-state index in [1.807, 2.05) is 18.2 Å². The molecule has 6 nitrogen and oxygen atoms in total. The standard InChI is InChI=1S/C10H10N4O2S/c1-8(15)7-17(16)10-11-12-13-14(10)9-5-3-2-4-6-9/h2-6H,7H2,1H3. The number of aromatic nitrogens is 4. The van der Waals surface area contributed by atoms with Crippen molar-refractivity contribution in [2.75, 3.05) is 5.75 Å². The molecule has 0 aliphatic carbocycles. The van der Waals surface area contributed by atoms with Gasteiger partial charge in [-0.2, -0.15) is 4.68 Å². The first-order chi connectivity index (χ1) is 8.18. The van der Waals surface area contributed by atoms with Crippen LogP contribution in [-0.4, -0.2) is 36.0 Å². The quantitative estimate of drug-likeness (QED) is 0.783. The Balaban J connectivity index is 2.35. The molecule has 1 aromatic heterocycles. The second-order valence-corrected chi connectivity index (χ2v) is 4.75. The van der Waals surface area contributed by atoms with Crippen LogP contribution in [0.1, 0.15) is 6.92 Å². The number of carbonyl (C=O) groups is 1. The molecule has 0 amide bonds. The molecule has 0 fully saturated rings. The molecule has 0 bridgehead atoms. The van der Waals surface area contributed by atoms with Gasteiger partial charge in [0.1, 0.15) is 16.6 Å². The maximum Gasteiger partial charge on any atom is 0.244 e. The van der Waals surface area contributed by atoms with Crippen LogP contribution in [0.3, 0.4) is 0 Å². The van der Waals surface area contributed by atoms with Crippen LogP contribution >= 0.6 is 0 Å². The zero-order chi connectivity index (χ0) is 12.3. The number of carbonyl (C=O) groups excluding carboxylic acids is 1. The van der Waals surface area contributed by atoms with E-state index in [9.17, 15) is 9.00 Å². The molecule has 7 heteroatoms. The Kier molecular flexibility index (Phi) is 3.38. The Morgan fingerprint density at radius 1 is 1.35 bits per heavy atom. The van der Waals surface area contributed by atoms with Gasteiger partial charge in [-0.15, -0.1) is 0 Å². The first-order valence-electron chi connectivity index (χ1n) is 4.90. The molecular formula is C10H10N4O2S. The molecule has 1 heterocycles. The fourth-order valence-corrected chi connectivity index (χ4v) is 2.26. The lowest BCUT2D eigenvalue weighted by molar-refractivity contribution is -0.114. The lowest BCUT2D eigenvalue weighted by atomic mass is 10.3. The maximum atomic E-state index is 11.8. The van der Waals surface area contributed by atoms with Gasteiger partial charge in [-0.3, -0.25) is 9.00 Å². The van der Waals surface area contributed by atoms with Crippen molar-refractivity contribution in [2.24, 2.45) is 0 Å². The van der Waals surface area contributed by atoms with Crippen molar-refractivity contribution >= 4 is 16.6 Å². The minimum atomic E-state index is -1.52. The van der Waals surface area contributed by atoms with Gasteiger partial charge in [0.05, 0.1) is 11.4 Å². The molecule has 0 aliphatic rings. The van der Waals surface area contributed by atoms with Crippen molar-refractivity contribution in [1.29, 1.82) is 0 Å². The Morgan fingerprint density at radius 2 is 2.06 bits per heavy atom. The summed E-state index contributed by atoms with van der Waals surface area (Å²) in [5, 5.41) is 11.1. The van der Waals surface area contributed by atoms with Crippen LogP contribution < -0.4 is 0 Å². The predicted molar refractivity (Wildman–Crippen MR) is 61.1 cm³/mol. The van der Waals surface area contributed by atoms with Crippen LogP contribution in [0.15, 0.2) is 35.5 Å². The molecule has 0 N–H and O–H groups in total. The first-order valence-corrected chi connectivity index (χ1v) is 6.22. The summed E-state index contributed by atoms with van der Waals surface area (Å²) in [5.41, 5.74) is 0.712. The SMILES string of the molecule is CC(=O)CS(=O)c1nnnn1-c1ccccc1. The highest BCUT2D eigenvalue weighted by Gasteiger charge is 2.16. The zero-order valence-electron chi connectivity index (χ0n) is 9.11. The number of benzene rings is 1. The van der Waals surface area contributed by atoms with Crippen molar-refractivity contribution in [2.45, 2.75) is 12.1 Å². The Morgan fingerprint density at radius 3 is 2.71 bits per heavy atom. The predicted octanol–water partition coefficient (Wildman–Crippen LogP) is 0.359. The summed E-state index contributed by atoms with van der Waals surface area (Å²) < 4.78 is 13.2. The third-order valence-electron chi connectivity index (χ3n) is 1.98. The molecule has 0 spiro atoms. The number of hydrogen-bond donors (Lipinski definition) is 0. The van der Waals surface area contributed by atoms with Crippen molar-refractivity contribution < 1.29 is 9.00 Å². The maximum absolute atomic E-state index is 11.8. The molecule has 1 aromatic carbocycles. The van der Waals surface area contributed by atoms with Crippen molar-refractivity contribution in [3.63, 3.8) is 0 Å². The molecule has 2 rings (SSSR count). The minimum absolute atomic E-state index is 0.0762. The van der Waals surface area contributed by atoms with E-state index in [1.165, 1.54) is 11.6 Å². The topological polar surface area (TPSA) is 77.7 Å². The van der Waals surface area contributed by atoms with Gasteiger partial charge < -0.3 is 0 Å². The smallest absolute Gasteiger partial charge is 0.244 e. The zero-order valence-corrected chi connectivity index (χ0v) is 9.92. The highest BCUT2D eigenvalue weighted by molar-refractivity contribution is 7.85. The van der Waals surface area contributed by atoms with Crippen molar-refractivity contribution in [3.8, 4) is 5.69 Å². The van der Waals surface area contributed by atoms with Gasteiger partial charge >= 0.3 is 0 Å². The molecule has 0 aliphatic heterocycles. The summed E-state index contributed by atoms with van der Waals surface area (Å²) in [7, 11) is -1.52. The second kappa shape index (κ2) is 4.96. The lowest BCUT2D eigenvalue weighted by Gasteiger charge is -2.02. The van der Waals surface area contributed by atoms with E-state index in [0.717, 1.165) is 0 Å². The third kappa shape index (κ3) is 2.62. The largest absolute Gasteiger partial charge is 0.299 e. The Hall–Kier alpha value is -1.89. The van der Waals surface area contributed by atoms with Gasteiger partial charge in [0.25, 0.3) is 0 Å². The number of para-hydroxylation sites is 1. The average molecular weight is 250 g/mol. The van der Waals surface area contributed by atoms with Gasteiger partial charge in [-0.1, -0.05) is 23.3 Å². The number of Topliss-reactive ketones (excluding diaryl/α,β-unsaturated/α-hetero) is 1. The summed E-state index contributed by atoms with van der Waals surface area (Å²) in [6.07, 6.45) is 0. The molecular weight excluding hydrogens is 240 g/mol. The van der Waals surface area contributed by atoms with Crippen LogP contribution in [0.25, 0.3) is 5.69 Å². The summed E-state index contributed by atoms with van der Waals surface area (Å²) in [5.74, 6) is -0.237. The van der Waals surface area contributed by atoms with E-state index in [1.54, 1.807) is 12.1 Å². The number of ketones is 1. The van der Waals surface area contributed by atoms with Crippen LogP contribution in [0.2, 0.25) is 0 Å². The first kappa shape index (κ1) is 11.6. The fourth-order valence-electron chi connectivity index (χ4n) is 1.30. The minimum Gasteiger partial charge on any atom is -0.299 e. The number of hydrogen-bond acceptors (Lipinski definition) is 5. The molecule has 0 radical (unpaired) electrons. The van der Waals surface area contributed by atoms with Crippen LogP contribution in [0.5, 0.6) is 0 Å². The second-order valence-electron chi connectivity index (χ2n) is 3.40. The van der Waals surface area contributed by atoms with Gasteiger partial charge in [-0.25, -0.2) is 0 Å². The normalized spacial score (nSPS) is 12.3. The fraction of sp³-hybridized carbons (Fsp3) is 0.200. The van der Waals surface area contributed by atoms with E-state index in [-0.39, 0.29) is 16.7 Å². The van der Waals surface area contributed by atoms with Gasteiger partial charge in [0, 0.05) is 0 Å². The summed E-state index contributed by atoms with van der Waals surface area (Å²) in [4.78, 5) is 10.9. The number of rotatable bonds is 4. The molecule has 88 valence electrons. The average Bonchev–Trinajstić information content (AvgIpc) is 2.78.